The monoisotopic (exact) mass is 252 g/mol. The molecule has 1 aromatic carbocycles. The van der Waals surface area contributed by atoms with Crippen molar-refractivity contribution in [2.45, 2.75) is 6.54 Å². The standard InChI is InChI=1S/C12H10F2N2O2/c13-8-3-4-10(14)11(6-8)16-12(17)15-7-9-2-1-5-18-9/h1-6H,7H2,(H2,15,16,17). The van der Waals surface area contributed by atoms with Crippen molar-refractivity contribution in [2.24, 2.45) is 0 Å². The maximum absolute atomic E-state index is 13.2. The molecular weight excluding hydrogens is 242 g/mol. The molecule has 0 saturated heterocycles. The maximum atomic E-state index is 13.2. The smallest absolute Gasteiger partial charge is 0.319 e. The third kappa shape index (κ3) is 3.07. The van der Waals surface area contributed by atoms with Crippen molar-refractivity contribution in [1.29, 1.82) is 0 Å². The molecule has 1 heterocycles. The first-order valence-electron chi connectivity index (χ1n) is 5.17. The normalized spacial score (nSPS) is 10.1. The average molecular weight is 252 g/mol. The molecule has 4 nitrogen and oxygen atoms in total. The Hall–Kier alpha value is -2.37. The van der Waals surface area contributed by atoms with E-state index in [0.717, 1.165) is 18.2 Å². The van der Waals surface area contributed by atoms with Crippen molar-refractivity contribution < 1.29 is 18.0 Å². The van der Waals surface area contributed by atoms with Gasteiger partial charge in [-0.1, -0.05) is 0 Å². The molecule has 0 saturated carbocycles. The summed E-state index contributed by atoms with van der Waals surface area (Å²) in [4.78, 5) is 11.4. The van der Waals surface area contributed by atoms with Crippen LogP contribution in [0.1, 0.15) is 5.76 Å². The van der Waals surface area contributed by atoms with Gasteiger partial charge < -0.3 is 15.1 Å². The van der Waals surface area contributed by atoms with E-state index in [1.807, 2.05) is 0 Å². The van der Waals surface area contributed by atoms with Gasteiger partial charge in [0.15, 0.2) is 0 Å². The van der Waals surface area contributed by atoms with Crippen LogP contribution in [0.2, 0.25) is 0 Å². The number of rotatable bonds is 3. The summed E-state index contributed by atoms with van der Waals surface area (Å²) in [5.41, 5.74) is -0.216. The van der Waals surface area contributed by atoms with Crippen LogP contribution in [0, 0.1) is 11.6 Å². The molecule has 0 spiro atoms. The molecule has 0 aliphatic rings. The fraction of sp³-hybridized carbons (Fsp3) is 0.0833. The summed E-state index contributed by atoms with van der Waals surface area (Å²) in [6.07, 6.45) is 1.47. The number of nitrogens with one attached hydrogen (secondary N) is 2. The number of benzene rings is 1. The van der Waals surface area contributed by atoms with E-state index < -0.39 is 17.7 Å². The van der Waals surface area contributed by atoms with Gasteiger partial charge in [-0.2, -0.15) is 0 Å². The van der Waals surface area contributed by atoms with Gasteiger partial charge in [0.1, 0.15) is 17.4 Å². The molecule has 0 unspecified atom stereocenters. The van der Waals surface area contributed by atoms with E-state index in [2.05, 4.69) is 10.6 Å². The molecule has 94 valence electrons. The number of halogens is 2. The summed E-state index contributed by atoms with van der Waals surface area (Å²) in [7, 11) is 0. The summed E-state index contributed by atoms with van der Waals surface area (Å²) in [5, 5.41) is 4.65. The molecule has 0 bridgehead atoms. The van der Waals surface area contributed by atoms with Gasteiger partial charge in [0.2, 0.25) is 0 Å². The number of furan rings is 1. The highest BCUT2D eigenvalue weighted by molar-refractivity contribution is 5.89. The minimum absolute atomic E-state index is 0.162. The van der Waals surface area contributed by atoms with Crippen LogP contribution in [0.4, 0.5) is 19.3 Å². The van der Waals surface area contributed by atoms with Crippen LogP contribution in [-0.2, 0) is 6.54 Å². The second kappa shape index (κ2) is 5.31. The molecule has 6 heteroatoms. The highest BCUT2D eigenvalue weighted by Gasteiger charge is 2.08. The lowest BCUT2D eigenvalue weighted by molar-refractivity contribution is 0.250. The number of carbonyl (C=O) groups is 1. The van der Waals surface area contributed by atoms with Gasteiger partial charge >= 0.3 is 6.03 Å². The van der Waals surface area contributed by atoms with Crippen LogP contribution in [0.5, 0.6) is 0 Å². The first kappa shape index (κ1) is 12.1. The van der Waals surface area contributed by atoms with E-state index >= 15 is 0 Å². The molecule has 0 fully saturated rings. The number of hydrogen-bond donors (Lipinski definition) is 2. The minimum atomic E-state index is -0.704. The van der Waals surface area contributed by atoms with Crippen LogP contribution < -0.4 is 10.6 Å². The van der Waals surface area contributed by atoms with Crippen molar-refractivity contribution in [3.05, 3.63) is 54.0 Å². The van der Waals surface area contributed by atoms with E-state index in [4.69, 9.17) is 4.42 Å². The molecule has 18 heavy (non-hydrogen) atoms. The zero-order valence-corrected chi connectivity index (χ0v) is 9.24. The summed E-state index contributed by atoms with van der Waals surface area (Å²) in [6, 6.07) is 5.54. The number of carbonyl (C=O) groups excluding carboxylic acids is 1. The van der Waals surface area contributed by atoms with Crippen molar-refractivity contribution in [2.75, 3.05) is 5.32 Å². The largest absolute Gasteiger partial charge is 0.467 e. The third-order valence-corrected chi connectivity index (χ3v) is 2.18. The van der Waals surface area contributed by atoms with E-state index in [0.29, 0.717) is 5.76 Å². The number of amides is 2. The van der Waals surface area contributed by atoms with E-state index in [1.54, 1.807) is 12.1 Å². The van der Waals surface area contributed by atoms with Gasteiger partial charge in [-0.3, -0.25) is 0 Å². The van der Waals surface area contributed by atoms with Crippen LogP contribution >= 0.6 is 0 Å². The Kier molecular flexibility index (Phi) is 3.57. The second-order valence-electron chi connectivity index (χ2n) is 3.51. The van der Waals surface area contributed by atoms with Gasteiger partial charge in [0.05, 0.1) is 18.5 Å². The van der Waals surface area contributed by atoms with Gasteiger partial charge in [-0.25, -0.2) is 13.6 Å². The lowest BCUT2D eigenvalue weighted by Gasteiger charge is -2.07. The average Bonchev–Trinajstić information content (AvgIpc) is 2.84. The summed E-state index contributed by atoms with van der Waals surface area (Å²) in [5.74, 6) is -0.771. The molecule has 0 radical (unpaired) electrons. The predicted molar refractivity (Wildman–Crippen MR) is 60.9 cm³/mol. The fourth-order valence-corrected chi connectivity index (χ4v) is 1.34. The van der Waals surface area contributed by atoms with Gasteiger partial charge in [-0.15, -0.1) is 0 Å². The Balaban J connectivity index is 1.92. The molecule has 1 aromatic heterocycles. The topological polar surface area (TPSA) is 54.3 Å². The van der Waals surface area contributed by atoms with Crippen LogP contribution in [0.3, 0.4) is 0 Å². The van der Waals surface area contributed by atoms with Crippen LogP contribution in [0.25, 0.3) is 0 Å². The lowest BCUT2D eigenvalue weighted by atomic mass is 10.3. The number of anilines is 1. The Morgan fingerprint density at radius 3 is 2.83 bits per heavy atom. The molecule has 0 aliphatic carbocycles. The SMILES string of the molecule is O=C(NCc1ccco1)Nc1cc(F)ccc1F. The zero-order chi connectivity index (χ0) is 13.0. The van der Waals surface area contributed by atoms with Crippen molar-refractivity contribution >= 4 is 11.7 Å². The molecule has 2 amide bonds. The second-order valence-corrected chi connectivity index (χ2v) is 3.51. The van der Waals surface area contributed by atoms with Crippen LogP contribution in [-0.4, -0.2) is 6.03 Å². The third-order valence-electron chi connectivity index (χ3n) is 2.18. The Labute approximate surface area is 102 Å². The molecule has 2 rings (SSSR count). The number of hydrogen-bond acceptors (Lipinski definition) is 2. The summed E-state index contributed by atoms with van der Waals surface area (Å²) in [6.45, 7) is 0.162. The predicted octanol–water partition coefficient (Wildman–Crippen LogP) is 2.88. The highest BCUT2D eigenvalue weighted by atomic mass is 19.1. The number of urea groups is 1. The van der Waals surface area contributed by atoms with Crippen molar-refractivity contribution in [3.8, 4) is 0 Å². The Morgan fingerprint density at radius 1 is 1.28 bits per heavy atom. The van der Waals surface area contributed by atoms with E-state index in [-0.39, 0.29) is 12.2 Å². The molecule has 2 N–H and O–H groups in total. The molecule has 0 aliphatic heterocycles. The van der Waals surface area contributed by atoms with Crippen molar-refractivity contribution in [1.82, 2.24) is 5.32 Å². The lowest BCUT2D eigenvalue weighted by Crippen LogP contribution is -2.28. The van der Waals surface area contributed by atoms with E-state index in [1.165, 1.54) is 6.26 Å². The first-order valence-corrected chi connectivity index (χ1v) is 5.17. The van der Waals surface area contributed by atoms with Gasteiger partial charge in [0.25, 0.3) is 0 Å². The van der Waals surface area contributed by atoms with Gasteiger partial charge in [0, 0.05) is 6.07 Å². The zero-order valence-electron chi connectivity index (χ0n) is 9.24. The van der Waals surface area contributed by atoms with Crippen molar-refractivity contribution in [3.63, 3.8) is 0 Å². The molecule has 2 aromatic rings. The first-order chi connectivity index (χ1) is 8.65. The van der Waals surface area contributed by atoms with E-state index in [9.17, 15) is 13.6 Å². The summed E-state index contributed by atoms with van der Waals surface area (Å²) >= 11 is 0. The maximum Gasteiger partial charge on any atom is 0.319 e. The van der Waals surface area contributed by atoms with Gasteiger partial charge in [-0.05, 0) is 24.3 Å². The Bertz CT molecular complexity index is 541. The Morgan fingerprint density at radius 2 is 2.11 bits per heavy atom. The molecule has 0 atom stereocenters. The molecular formula is C12H10F2N2O2. The van der Waals surface area contributed by atoms with Crippen LogP contribution in [0.15, 0.2) is 41.0 Å². The summed E-state index contributed by atoms with van der Waals surface area (Å²) < 4.78 is 31.1. The highest BCUT2D eigenvalue weighted by Crippen LogP contribution is 2.14. The quantitative estimate of drug-likeness (QED) is 0.882. The minimum Gasteiger partial charge on any atom is -0.467 e. The fourth-order valence-electron chi connectivity index (χ4n) is 1.34.